The van der Waals surface area contributed by atoms with Crippen molar-refractivity contribution in [2.45, 2.75) is 13.8 Å². The Bertz CT molecular complexity index is 1190. The number of nitrogens with one attached hydrogen (secondary N) is 4. The van der Waals surface area contributed by atoms with Crippen molar-refractivity contribution < 1.29 is 33.9 Å². The second-order valence-electron chi connectivity index (χ2n) is 9.42. The zero-order chi connectivity index (χ0) is 27.2. The Kier molecular flexibility index (Phi) is 8.69. The highest BCUT2D eigenvalue weighted by Gasteiger charge is 2.32. The molecule has 6 N–H and O–H groups in total. The summed E-state index contributed by atoms with van der Waals surface area (Å²) in [5.74, 6) is -1.36. The third-order valence-electron chi connectivity index (χ3n) is 5.99. The predicted octanol–water partition coefficient (Wildman–Crippen LogP) is 1.35. The van der Waals surface area contributed by atoms with Crippen LogP contribution in [0.3, 0.4) is 0 Å². The van der Waals surface area contributed by atoms with E-state index in [1.54, 1.807) is 12.1 Å². The fraction of sp³-hybridized carbons (Fsp3) is 0.360. The molecule has 4 amide bonds. The van der Waals surface area contributed by atoms with E-state index in [1.165, 1.54) is 38.1 Å². The zero-order valence-corrected chi connectivity index (χ0v) is 21.1. The van der Waals surface area contributed by atoms with E-state index in [4.69, 9.17) is 0 Å². The summed E-state index contributed by atoms with van der Waals surface area (Å²) in [6.07, 6.45) is 0. The Morgan fingerprint density at radius 2 is 1.24 bits per heavy atom. The molecule has 37 heavy (non-hydrogen) atoms. The maximum atomic E-state index is 12.6. The maximum Gasteiger partial charge on any atom is 0.279 e. The lowest BCUT2D eigenvalue weighted by molar-refractivity contribution is -0.905. The molecule has 0 unspecified atom stereocenters. The van der Waals surface area contributed by atoms with Gasteiger partial charge in [0.05, 0.1) is 38.1 Å². The Morgan fingerprint density at radius 1 is 0.784 bits per heavy atom. The number of carbonyl (C=O) groups is 4. The molecule has 0 radical (unpaired) electrons. The molecular formula is C25H33N6O6+. The van der Waals surface area contributed by atoms with Crippen LogP contribution < -0.4 is 21.3 Å². The molecule has 3 rings (SSSR count). The number of phenolic OH excluding ortho intramolecular Hbond substituents is 2. The van der Waals surface area contributed by atoms with E-state index in [-0.39, 0.29) is 59.6 Å². The number of likely N-dealkylation sites (N-methyl/N-ethyl adjacent to an activating group) is 1. The normalized spacial score (nSPS) is 14.9. The fourth-order valence-electron chi connectivity index (χ4n) is 4.07. The number of quaternary nitrogens is 1. The number of anilines is 4. The van der Waals surface area contributed by atoms with Gasteiger partial charge in [-0.05, 0) is 24.3 Å². The molecule has 1 heterocycles. The Morgan fingerprint density at radius 3 is 1.68 bits per heavy atom. The second kappa shape index (κ2) is 11.7. The van der Waals surface area contributed by atoms with E-state index in [0.717, 1.165) is 0 Å². The number of hydrogen-bond acceptors (Lipinski definition) is 7. The molecule has 0 aromatic heterocycles. The molecule has 1 fully saturated rings. The average Bonchev–Trinajstić information content (AvgIpc) is 2.78. The van der Waals surface area contributed by atoms with E-state index >= 15 is 0 Å². The number of carbonyl (C=O) groups excluding carboxylic acids is 4. The first kappa shape index (κ1) is 27.4. The molecule has 0 bridgehead atoms. The lowest BCUT2D eigenvalue weighted by atomic mass is 10.2. The molecule has 0 aliphatic carbocycles. The summed E-state index contributed by atoms with van der Waals surface area (Å²) in [7, 11) is 1.96. The molecule has 12 nitrogen and oxygen atoms in total. The van der Waals surface area contributed by atoms with Gasteiger partial charge in [0.25, 0.3) is 5.91 Å². The molecule has 0 atom stereocenters. The maximum absolute atomic E-state index is 12.6. The van der Waals surface area contributed by atoms with E-state index < -0.39 is 0 Å². The van der Waals surface area contributed by atoms with E-state index in [1.807, 2.05) is 11.9 Å². The number of benzene rings is 2. The summed E-state index contributed by atoms with van der Waals surface area (Å²) in [5.41, 5.74) is 1.37. The van der Waals surface area contributed by atoms with Crippen LogP contribution >= 0.6 is 0 Å². The van der Waals surface area contributed by atoms with Crippen molar-refractivity contribution in [2.24, 2.45) is 0 Å². The van der Waals surface area contributed by atoms with Gasteiger partial charge in [-0.1, -0.05) is 0 Å². The van der Waals surface area contributed by atoms with Crippen molar-refractivity contribution >= 4 is 46.4 Å². The Labute approximate surface area is 214 Å². The van der Waals surface area contributed by atoms with Gasteiger partial charge in [0.2, 0.25) is 17.7 Å². The molecule has 2 aromatic carbocycles. The molecular weight excluding hydrogens is 480 g/mol. The van der Waals surface area contributed by atoms with Crippen molar-refractivity contribution in [2.75, 3.05) is 67.6 Å². The first-order valence-corrected chi connectivity index (χ1v) is 11.8. The predicted molar refractivity (Wildman–Crippen MR) is 139 cm³/mol. The summed E-state index contributed by atoms with van der Waals surface area (Å²) < 4.78 is 0.472. The minimum Gasteiger partial charge on any atom is -0.506 e. The third kappa shape index (κ3) is 8.19. The van der Waals surface area contributed by atoms with Gasteiger partial charge in [-0.3, -0.25) is 24.1 Å². The molecule has 198 valence electrons. The summed E-state index contributed by atoms with van der Waals surface area (Å²) in [4.78, 5) is 49.4. The third-order valence-corrected chi connectivity index (χ3v) is 5.99. The van der Waals surface area contributed by atoms with Crippen LogP contribution in [0.1, 0.15) is 13.8 Å². The highest BCUT2D eigenvalue weighted by atomic mass is 16.3. The van der Waals surface area contributed by atoms with E-state index in [2.05, 4.69) is 21.3 Å². The Hall–Kier alpha value is -4.16. The fourth-order valence-corrected chi connectivity index (χ4v) is 4.07. The van der Waals surface area contributed by atoms with Crippen LogP contribution in [0.25, 0.3) is 0 Å². The quantitative estimate of drug-likeness (QED) is 0.229. The minimum absolute atomic E-state index is 0.133. The van der Waals surface area contributed by atoms with Crippen LogP contribution in [0.5, 0.6) is 11.5 Å². The lowest BCUT2D eigenvalue weighted by Crippen LogP contribution is -2.60. The lowest BCUT2D eigenvalue weighted by Gasteiger charge is -2.41. The first-order chi connectivity index (χ1) is 17.4. The zero-order valence-electron chi connectivity index (χ0n) is 21.1. The molecule has 1 aliphatic heterocycles. The van der Waals surface area contributed by atoms with Crippen LogP contribution in [0.4, 0.5) is 22.7 Å². The first-order valence-electron chi connectivity index (χ1n) is 11.8. The number of rotatable bonds is 8. The summed E-state index contributed by atoms with van der Waals surface area (Å²) in [6, 6.07) is 8.96. The molecule has 1 saturated heterocycles. The van der Waals surface area contributed by atoms with Crippen molar-refractivity contribution in [1.29, 1.82) is 0 Å². The number of amides is 4. The van der Waals surface area contributed by atoms with Gasteiger partial charge in [0, 0.05) is 50.4 Å². The van der Waals surface area contributed by atoms with Crippen molar-refractivity contribution in [3.05, 3.63) is 36.4 Å². The van der Waals surface area contributed by atoms with Crippen LogP contribution in [-0.4, -0.2) is 89.5 Å². The molecule has 1 aliphatic rings. The smallest absolute Gasteiger partial charge is 0.279 e. The number of phenols is 2. The second-order valence-corrected chi connectivity index (χ2v) is 9.42. The van der Waals surface area contributed by atoms with Crippen LogP contribution in [0.2, 0.25) is 0 Å². The highest BCUT2D eigenvalue weighted by molar-refractivity contribution is 5.95. The molecule has 0 saturated carbocycles. The minimum atomic E-state index is -0.283. The van der Waals surface area contributed by atoms with Crippen molar-refractivity contribution in [3.8, 4) is 11.5 Å². The van der Waals surface area contributed by atoms with E-state index in [0.29, 0.717) is 42.0 Å². The van der Waals surface area contributed by atoms with Gasteiger partial charge >= 0.3 is 0 Å². The number of aromatic hydroxyl groups is 2. The summed E-state index contributed by atoms with van der Waals surface area (Å²) in [5, 5.41) is 30.8. The highest BCUT2D eigenvalue weighted by Crippen LogP contribution is 2.28. The van der Waals surface area contributed by atoms with Gasteiger partial charge in [-0.15, -0.1) is 0 Å². The molecule has 0 spiro atoms. The van der Waals surface area contributed by atoms with Crippen LogP contribution in [-0.2, 0) is 19.2 Å². The van der Waals surface area contributed by atoms with Gasteiger partial charge in [-0.25, -0.2) is 0 Å². The summed E-state index contributed by atoms with van der Waals surface area (Å²) in [6.45, 7) is 5.54. The molecule has 12 heteroatoms. The SMILES string of the molecule is CC(=O)Nc1ccc(NC(=O)CN2CC[N+](C)(CC(=O)Nc3ccc(NC(C)=O)cc3O)CC2)c(O)c1. The van der Waals surface area contributed by atoms with E-state index in [9.17, 15) is 29.4 Å². The molecule has 2 aromatic rings. The average molecular weight is 514 g/mol. The monoisotopic (exact) mass is 513 g/mol. The summed E-state index contributed by atoms with van der Waals surface area (Å²) >= 11 is 0. The van der Waals surface area contributed by atoms with Crippen molar-refractivity contribution in [3.63, 3.8) is 0 Å². The van der Waals surface area contributed by atoms with Crippen LogP contribution in [0, 0.1) is 0 Å². The van der Waals surface area contributed by atoms with Gasteiger partial charge in [-0.2, -0.15) is 0 Å². The largest absolute Gasteiger partial charge is 0.506 e. The number of piperazine rings is 1. The van der Waals surface area contributed by atoms with Gasteiger partial charge < -0.3 is 36.0 Å². The van der Waals surface area contributed by atoms with Crippen LogP contribution in [0.15, 0.2) is 36.4 Å². The van der Waals surface area contributed by atoms with Crippen molar-refractivity contribution in [1.82, 2.24) is 4.90 Å². The number of hydrogen-bond donors (Lipinski definition) is 6. The standard InChI is InChI=1S/C25H32N6O6/c1-16(32)26-18-4-6-20(22(34)12-18)28-24(36)14-30-8-10-31(3,11-9-30)15-25(37)29-21-7-5-19(13-23(21)35)27-17(2)33/h4-7,12-13H,8-11,14-15H2,1-3H3,(H5-,26,27,28,29,32,33,34,35,36,37)/p+1. The van der Waals surface area contributed by atoms with Gasteiger partial charge in [0.15, 0.2) is 6.54 Å². The Balaban J connectivity index is 1.47. The number of nitrogens with zero attached hydrogens (tertiary/aromatic N) is 2. The van der Waals surface area contributed by atoms with Gasteiger partial charge in [0.1, 0.15) is 11.5 Å². The topological polar surface area (TPSA) is 160 Å².